The molecule has 0 spiro atoms. The first-order valence-corrected chi connectivity index (χ1v) is 9.67. The van der Waals surface area contributed by atoms with Crippen molar-refractivity contribution in [2.24, 2.45) is 0 Å². The lowest BCUT2D eigenvalue weighted by Gasteiger charge is -2.35. The highest BCUT2D eigenvalue weighted by Crippen LogP contribution is 2.21. The van der Waals surface area contributed by atoms with Crippen molar-refractivity contribution in [1.29, 1.82) is 0 Å². The topological polar surface area (TPSA) is 52.7 Å². The van der Waals surface area contributed by atoms with Crippen LogP contribution in [-0.4, -0.2) is 54.3 Å². The molecule has 0 atom stereocenters. The van der Waals surface area contributed by atoms with E-state index in [0.29, 0.717) is 53.9 Å². The van der Waals surface area contributed by atoms with Gasteiger partial charge in [-0.05, 0) is 24.3 Å². The first-order valence-electron chi connectivity index (χ1n) is 8.91. The fourth-order valence-electron chi connectivity index (χ4n) is 3.07. The van der Waals surface area contributed by atoms with Crippen LogP contribution < -0.4 is 5.32 Å². The molecule has 0 bridgehead atoms. The van der Waals surface area contributed by atoms with Crippen molar-refractivity contribution < 1.29 is 14.0 Å². The second-order valence-electron chi connectivity index (χ2n) is 6.52. The minimum Gasteiger partial charge on any atom is -0.343 e. The van der Waals surface area contributed by atoms with Crippen LogP contribution >= 0.6 is 23.2 Å². The molecule has 3 rings (SSSR count). The number of amides is 2. The Morgan fingerprint density at radius 1 is 0.964 bits per heavy atom. The molecule has 2 aromatic rings. The molecule has 1 fully saturated rings. The normalized spacial score (nSPS) is 14.8. The fraction of sp³-hybridized carbons (Fsp3) is 0.300. The molecule has 0 radical (unpaired) electrons. The van der Waals surface area contributed by atoms with Crippen molar-refractivity contribution in [1.82, 2.24) is 15.1 Å². The molecule has 148 valence electrons. The summed E-state index contributed by atoms with van der Waals surface area (Å²) in [5.74, 6) is -0.871. The Balaban J connectivity index is 1.47. The van der Waals surface area contributed by atoms with Crippen LogP contribution in [0, 0.1) is 5.82 Å². The molecular formula is C20H20Cl2FN3O2. The highest BCUT2D eigenvalue weighted by Gasteiger charge is 2.23. The zero-order valence-corrected chi connectivity index (χ0v) is 16.6. The van der Waals surface area contributed by atoms with Crippen LogP contribution in [0.2, 0.25) is 10.0 Å². The van der Waals surface area contributed by atoms with Gasteiger partial charge in [0.05, 0.1) is 17.1 Å². The number of halogens is 3. The summed E-state index contributed by atoms with van der Waals surface area (Å²) in [4.78, 5) is 28.3. The Labute approximate surface area is 173 Å². The summed E-state index contributed by atoms with van der Waals surface area (Å²) in [6.45, 7) is 2.53. The summed E-state index contributed by atoms with van der Waals surface area (Å²) in [6.07, 6.45) is 0. The first-order chi connectivity index (χ1) is 13.5. The maximum Gasteiger partial charge on any atom is 0.253 e. The molecular weight excluding hydrogens is 404 g/mol. The van der Waals surface area contributed by atoms with E-state index in [1.54, 1.807) is 41.3 Å². The van der Waals surface area contributed by atoms with Crippen LogP contribution in [0.25, 0.3) is 0 Å². The predicted octanol–water partition coefficient (Wildman–Crippen LogP) is 3.21. The maximum absolute atomic E-state index is 13.9. The summed E-state index contributed by atoms with van der Waals surface area (Å²) >= 11 is 12.1. The number of hydrogen-bond donors (Lipinski definition) is 1. The van der Waals surface area contributed by atoms with Gasteiger partial charge in [0.25, 0.3) is 5.91 Å². The molecule has 1 heterocycles. The number of carbonyl (C=O) groups is 2. The Morgan fingerprint density at radius 3 is 2.32 bits per heavy atom. The summed E-state index contributed by atoms with van der Waals surface area (Å²) in [5, 5.41) is 3.35. The molecule has 0 aliphatic carbocycles. The Bertz CT molecular complexity index is 850. The molecule has 1 N–H and O–H groups in total. The molecule has 28 heavy (non-hydrogen) atoms. The number of rotatable bonds is 5. The monoisotopic (exact) mass is 423 g/mol. The van der Waals surface area contributed by atoms with Crippen LogP contribution in [0.3, 0.4) is 0 Å². The van der Waals surface area contributed by atoms with E-state index in [4.69, 9.17) is 23.2 Å². The number of hydrogen-bond acceptors (Lipinski definition) is 3. The fourth-order valence-corrected chi connectivity index (χ4v) is 3.51. The highest BCUT2D eigenvalue weighted by atomic mass is 35.5. The van der Waals surface area contributed by atoms with Gasteiger partial charge in [0.15, 0.2) is 0 Å². The lowest BCUT2D eigenvalue weighted by molar-refractivity contribution is -0.131. The van der Waals surface area contributed by atoms with Crippen LogP contribution in [0.15, 0.2) is 42.5 Å². The summed E-state index contributed by atoms with van der Waals surface area (Å²) in [6, 6.07) is 11.3. The van der Waals surface area contributed by atoms with Gasteiger partial charge >= 0.3 is 0 Å². The third-order valence-electron chi connectivity index (χ3n) is 4.69. The smallest absolute Gasteiger partial charge is 0.253 e. The molecule has 0 aromatic heterocycles. The quantitative estimate of drug-likeness (QED) is 0.802. The third kappa shape index (κ3) is 5.01. The van der Waals surface area contributed by atoms with Crippen LogP contribution in [0.5, 0.6) is 0 Å². The van der Waals surface area contributed by atoms with Gasteiger partial charge in [-0.3, -0.25) is 14.5 Å². The van der Waals surface area contributed by atoms with Crippen molar-refractivity contribution in [2.45, 2.75) is 6.54 Å². The molecule has 8 heteroatoms. The first kappa shape index (κ1) is 20.6. The van der Waals surface area contributed by atoms with Gasteiger partial charge in [-0.2, -0.15) is 0 Å². The van der Waals surface area contributed by atoms with Crippen LogP contribution in [0.1, 0.15) is 15.9 Å². The standard InChI is InChI=1S/C20H20Cl2FN3O2/c21-16-5-2-1-4-14(16)20(28)24-12-19(27)26-10-8-25(9-11-26)13-15-17(22)6-3-7-18(15)23/h1-7H,8-13H2,(H,24,28). The average Bonchev–Trinajstić information content (AvgIpc) is 2.69. The third-order valence-corrected chi connectivity index (χ3v) is 5.37. The number of piperazine rings is 1. The summed E-state index contributed by atoms with van der Waals surface area (Å²) in [7, 11) is 0. The van der Waals surface area contributed by atoms with E-state index in [1.807, 2.05) is 0 Å². The zero-order valence-electron chi connectivity index (χ0n) is 15.1. The van der Waals surface area contributed by atoms with Gasteiger partial charge in [0.1, 0.15) is 5.82 Å². The Hall–Kier alpha value is -2.15. The predicted molar refractivity (Wildman–Crippen MR) is 107 cm³/mol. The van der Waals surface area contributed by atoms with Gasteiger partial charge in [-0.1, -0.05) is 41.4 Å². The number of benzene rings is 2. The van der Waals surface area contributed by atoms with E-state index < -0.39 is 0 Å². The van der Waals surface area contributed by atoms with Crippen molar-refractivity contribution in [3.8, 4) is 0 Å². The molecule has 0 unspecified atom stereocenters. The van der Waals surface area contributed by atoms with Gasteiger partial charge in [0, 0.05) is 43.3 Å². The van der Waals surface area contributed by atoms with Crippen LogP contribution in [0.4, 0.5) is 4.39 Å². The molecule has 2 aromatic carbocycles. The van der Waals surface area contributed by atoms with E-state index in [9.17, 15) is 14.0 Å². The lowest BCUT2D eigenvalue weighted by Crippen LogP contribution is -2.50. The minimum atomic E-state index is -0.383. The molecule has 0 saturated carbocycles. The molecule has 2 amide bonds. The SMILES string of the molecule is O=C(NCC(=O)N1CCN(Cc2c(F)cccc2Cl)CC1)c1ccccc1Cl. The lowest BCUT2D eigenvalue weighted by atomic mass is 10.2. The largest absolute Gasteiger partial charge is 0.343 e. The van der Waals surface area contributed by atoms with E-state index in [1.165, 1.54) is 6.07 Å². The molecule has 1 aliphatic heterocycles. The Kier molecular flexibility index (Phi) is 6.88. The van der Waals surface area contributed by atoms with Gasteiger partial charge < -0.3 is 10.2 Å². The highest BCUT2D eigenvalue weighted by molar-refractivity contribution is 6.33. The van der Waals surface area contributed by atoms with Gasteiger partial charge in [0.2, 0.25) is 5.91 Å². The van der Waals surface area contributed by atoms with E-state index in [-0.39, 0.29) is 24.2 Å². The maximum atomic E-state index is 13.9. The molecule has 1 aliphatic rings. The zero-order chi connectivity index (χ0) is 20.1. The molecule has 1 saturated heterocycles. The number of nitrogens with zero attached hydrogens (tertiary/aromatic N) is 2. The summed E-state index contributed by atoms with van der Waals surface area (Å²) in [5.41, 5.74) is 0.805. The van der Waals surface area contributed by atoms with Gasteiger partial charge in [-0.15, -0.1) is 0 Å². The van der Waals surface area contributed by atoms with E-state index in [0.717, 1.165) is 0 Å². The number of carbonyl (C=O) groups excluding carboxylic acids is 2. The number of nitrogens with one attached hydrogen (secondary N) is 1. The summed E-state index contributed by atoms with van der Waals surface area (Å²) < 4.78 is 13.9. The second-order valence-corrected chi connectivity index (χ2v) is 7.33. The van der Waals surface area contributed by atoms with Crippen LogP contribution in [-0.2, 0) is 11.3 Å². The van der Waals surface area contributed by atoms with Crippen molar-refractivity contribution in [3.05, 3.63) is 69.5 Å². The minimum absolute atomic E-state index is 0.0940. The van der Waals surface area contributed by atoms with E-state index >= 15 is 0 Å². The second kappa shape index (κ2) is 9.37. The molecule has 5 nitrogen and oxygen atoms in total. The van der Waals surface area contributed by atoms with Crippen molar-refractivity contribution in [3.63, 3.8) is 0 Å². The van der Waals surface area contributed by atoms with Crippen molar-refractivity contribution in [2.75, 3.05) is 32.7 Å². The van der Waals surface area contributed by atoms with E-state index in [2.05, 4.69) is 10.2 Å². The van der Waals surface area contributed by atoms with Crippen molar-refractivity contribution >= 4 is 35.0 Å². The average molecular weight is 424 g/mol. The Morgan fingerprint density at radius 2 is 1.64 bits per heavy atom. The van der Waals surface area contributed by atoms with Gasteiger partial charge in [-0.25, -0.2) is 4.39 Å².